The fourth-order valence-electron chi connectivity index (χ4n) is 1.29. The third kappa shape index (κ3) is 2.27. The Morgan fingerprint density at radius 2 is 2.20 bits per heavy atom. The molecule has 1 atom stereocenters. The van der Waals surface area contributed by atoms with Gasteiger partial charge in [0, 0.05) is 22.0 Å². The Morgan fingerprint density at radius 3 is 2.73 bits per heavy atom. The van der Waals surface area contributed by atoms with E-state index in [2.05, 4.69) is 24.0 Å². The molecule has 0 aliphatic carbocycles. The molecule has 0 radical (unpaired) electrons. The maximum absolute atomic E-state index is 5.81. The summed E-state index contributed by atoms with van der Waals surface area (Å²) in [5.74, 6) is 0. The molecule has 0 bridgehead atoms. The largest absolute Gasteiger partial charge is 0.323 e. The van der Waals surface area contributed by atoms with Crippen molar-refractivity contribution in [3.8, 4) is 9.88 Å². The summed E-state index contributed by atoms with van der Waals surface area (Å²) in [6.07, 6.45) is 2.98. The number of hydrogen-bond acceptors (Lipinski definition) is 4. The first-order chi connectivity index (χ1) is 7.20. The van der Waals surface area contributed by atoms with E-state index in [-0.39, 0.29) is 6.04 Å². The second-order valence-electron chi connectivity index (χ2n) is 3.48. The molecule has 0 fully saturated rings. The normalized spacial score (nSPS) is 13.0. The number of thiazole rings is 1. The van der Waals surface area contributed by atoms with Gasteiger partial charge in [0.2, 0.25) is 0 Å². The Hall–Kier alpha value is -0.710. The maximum Gasteiger partial charge on any atom is 0.133 e. The van der Waals surface area contributed by atoms with E-state index in [1.807, 2.05) is 24.5 Å². The highest BCUT2D eigenvalue weighted by atomic mass is 32.1. The van der Waals surface area contributed by atoms with Crippen LogP contribution in [0.15, 0.2) is 18.3 Å². The second kappa shape index (κ2) is 4.43. The van der Waals surface area contributed by atoms with Gasteiger partial charge >= 0.3 is 0 Å². The molecule has 80 valence electrons. The number of rotatable bonds is 3. The van der Waals surface area contributed by atoms with Gasteiger partial charge in [-0.05, 0) is 25.5 Å². The molecule has 1 unspecified atom stereocenters. The second-order valence-corrected chi connectivity index (χ2v) is 5.71. The quantitative estimate of drug-likeness (QED) is 0.889. The van der Waals surface area contributed by atoms with E-state index in [1.54, 1.807) is 11.3 Å². The summed E-state index contributed by atoms with van der Waals surface area (Å²) in [5, 5.41) is 1.09. The van der Waals surface area contributed by atoms with E-state index in [0.717, 1.165) is 16.3 Å². The standard InChI is InChI=1S/C11H14N2S2/c1-3-8-4-5-9(14-8)11-13-6-10(15-11)7(2)12/h4-7H,3,12H2,1-2H3. The fraction of sp³-hybridized carbons (Fsp3) is 0.364. The molecule has 0 aliphatic heterocycles. The van der Waals surface area contributed by atoms with Crippen LogP contribution in [0.2, 0.25) is 0 Å². The molecule has 2 heterocycles. The predicted octanol–water partition coefficient (Wildman–Crippen LogP) is 3.45. The van der Waals surface area contributed by atoms with Gasteiger partial charge in [-0.15, -0.1) is 22.7 Å². The number of nitrogens with two attached hydrogens (primary N) is 1. The van der Waals surface area contributed by atoms with E-state index >= 15 is 0 Å². The Morgan fingerprint density at radius 1 is 1.40 bits per heavy atom. The van der Waals surface area contributed by atoms with Crippen molar-refractivity contribution in [1.29, 1.82) is 0 Å². The third-order valence-corrected chi connectivity index (χ3v) is 4.79. The SMILES string of the molecule is CCc1ccc(-c2ncc(C(C)N)s2)s1. The number of aromatic nitrogens is 1. The molecule has 0 aromatic carbocycles. The van der Waals surface area contributed by atoms with Crippen LogP contribution in [-0.4, -0.2) is 4.98 Å². The summed E-state index contributed by atoms with van der Waals surface area (Å²) < 4.78 is 0. The molecule has 0 spiro atoms. The van der Waals surface area contributed by atoms with Crippen molar-refractivity contribution in [1.82, 2.24) is 4.98 Å². The Balaban J connectivity index is 2.28. The van der Waals surface area contributed by atoms with Gasteiger partial charge in [-0.25, -0.2) is 4.98 Å². The van der Waals surface area contributed by atoms with Gasteiger partial charge in [0.25, 0.3) is 0 Å². The number of aryl methyl sites for hydroxylation is 1. The molecule has 2 aromatic heterocycles. The van der Waals surface area contributed by atoms with Crippen LogP contribution in [0.5, 0.6) is 0 Å². The highest BCUT2D eigenvalue weighted by Crippen LogP contribution is 2.32. The minimum absolute atomic E-state index is 0.0851. The lowest BCUT2D eigenvalue weighted by atomic mass is 10.3. The van der Waals surface area contributed by atoms with Crippen LogP contribution < -0.4 is 5.73 Å². The average molecular weight is 238 g/mol. The summed E-state index contributed by atoms with van der Waals surface area (Å²) in [5.41, 5.74) is 5.81. The highest BCUT2D eigenvalue weighted by Gasteiger charge is 2.09. The molecule has 0 amide bonds. The molecule has 2 nitrogen and oxygen atoms in total. The van der Waals surface area contributed by atoms with Crippen molar-refractivity contribution in [3.63, 3.8) is 0 Å². The summed E-state index contributed by atoms with van der Waals surface area (Å²) in [6.45, 7) is 4.16. The van der Waals surface area contributed by atoms with Crippen LogP contribution in [0, 0.1) is 0 Å². The smallest absolute Gasteiger partial charge is 0.133 e. The topological polar surface area (TPSA) is 38.9 Å². The Labute approximate surface area is 97.8 Å². The lowest BCUT2D eigenvalue weighted by Crippen LogP contribution is -2.01. The number of hydrogen-bond donors (Lipinski definition) is 1. The zero-order valence-corrected chi connectivity index (χ0v) is 10.5. The lowest BCUT2D eigenvalue weighted by molar-refractivity contribution is 0.835. The molecule has 2 aromatic rings. The Kier molecular flexibility index (Phi) is 3.19. The fourth-order valence-corrected chi connectivity index (χ4v) is 3.17. The van der Waals surface area contributed by atoms with Crippen LogP contribution in [0.25, 0.3) is 9.88 Å². The number of nitrogens with zero attached hydrogens (tertiary/aromatic N) is 1. The van der Waals surface area contributed by atoms with Crippen molar-refractivity contribution < 1.29 is 0 Å². The molecular weight excluding hydrogens is 224 g/mol. The summed E-state index contributed by atoms with van der Waals surface area (Å²) in [4.78, 5) is 8.21. The molecule has 4 heteroatoms. The van der Waals surface area contributed by atoms with Crippen molar-refractivity contribution in [2.24, 2.45) is 5.73 Å². The molecule has 0 saturated heterocycles. The van der Waals surface area contributed by atoms with Crippen molar-refractivity contribution >= 4 is 22.7 Å². The van der Waals surface area contributed by atoms with Gasteiger partial charge in [-0.2, -0.15) is 0 Å². The van der Waals surface area contributed by atoms with Gasteiger partial charge in [-0.1, -0.05) is 6.92 Å². The van der Waals surface area contributed by atoms with E-state index in [1.165, 1.54) is 9.75 Å². The molecule has 2 N–H and O–H groups in total. The van der Waals surface area contributed by atoms with Crippen LogP contribution >= 0.6 is 22.7 Å². The maximum atomic E-state index is 5.81. The van der Waals surface area contributed by atoms with Crippen LogP contribution in [0.4, 0.5) is 0 Å². The van der Waals surface area contributed by atoms with Crippen LogP contribution in [-0.2, 0) is 6.42 Å². The van der Waals surface area contributed by atoms with E-state index in [4.69, 9.17) is 5.73 Å². The summed E-state index contributed by atoms with van der Waals surface area (Å²) >= 11 is 3.51. The van der Waals surface area contributed by atoms with Crippen LogP contribution in [0.1, 0.15) is 29.6 Å². The van der Waals surface area contributed by atoms with Crippen molar-refractivity contribution in [3.05, 3.63) is 28.1 Å². The van der Waals surface area contributed by atoms with Crippen molar-refractivity contribution in [2.75, 3.05) is 0 Å². The first-order valence-corrected chi connectivity index (χ1v) is 6.64. The molecular formula is C11H14N2S2. The van der Waals surface area contributed by atoms with E-state index in [9.17, 15) is 0 Å². The van der Waals surface area contributed by atoms with Gasteiger partial charge in [0.05, 0.1) is 4.88 Å². The summed E-state index contributed by atoms with van der Waals surface area (Å²) in [7, 11) is 0. The van der Waals surface area contributed by atoms with E-state index < -0.39 is 0 Å². The lowest BCUT2D eigenvalue weighted by Gasteiger charge is -1.96. The van der Waals surface area contributed by atoms with Gasteiger partial charge in [0.15, 0.2) is 0 Å². The molecule has 0 saturated carbocycles. The highest BCUT2D eigenvalue weighted by molar-refractivity contribution is 7.21. The number of thiophene rings is 1. The average Bonchev–Trinajstić information content (AvgIpc) is 2.86. The van der Waals surface area contributed by atoms with Gasteiger partial charge in [-0.3, -0.25) is 0 Å². The first-order valence-electron chi connectivity index (χ1n) is 5.01. The third-order valence-electron chi connectivity index (χ3n) is 2.19. The van der Waals surface area contributed by atoms with Gasteiger partial charge in [0.1, 0.15) is 5.01 Å². The van der Waals surface area contributed by atoms with Gasteiger partial charge < -0.3 is 5.73 Å². The zero-order chi connectivity index (χ0) is 10.8. The van der Waals surface area contributed by atoms with Crippen molar-refractivity contribution in [2.45, 2.75) is 26.3 Å². The minimum Gasteiger partial charge on any atom is -0.323 e. The Bertz CT molecular complexity index is 443. The molecule has 2 rings (SSSR count). The summed E-state index contributed by atoms with van der Waals surface area (Å²) in [6, 6.07) is 4.40. The monoisotopic (exact) mass is 238 g/mol. The molecule has 15 heavy (non-hydrogen) atoms. The predicted molar refractivity (Wildman–Crippen MR) is 67.4 cm³/mol. The minimum atomic E-state index is 0.0851. The van der Waals surface area contributed by atoms with Crippen LogP contribution in [0.3, 0.4) is 0 Å². The first kappa shape index (κ1) is 10.8. The zero-order valence-electron chi connectivity index (χ0n) is 8.86. The molecule has 0 aliphatic rings. The van der Waals surface area contributed by atoms with E-state index in [0.29, 0.717) is 0 Å².